The molecule has 2 unspecified atom stereocenters. The van der Waals surface area contributed by atoms with E-state index in [0.29, 0.717) is 6.42 Å². The van der Waals surface area contributed by atoms with Gasteiger partial charge in [0, 0.05) is 11.3 Å². The molecule has 5 nitrogen and oxygen atoms in total. The van der Waals surface area contributed by atoms with Crippen LogP contribution in [-0.4, -0.2) is 17.1 Å². The van der Waals surface area contributed by atoms with Crippen molar-refractivity contribution >= 4 is 11.6 Å². The number of anilines is 1. The van der Waals surface area contributed by atoms with Crippen molar-refractivity contribution in [3.8, 4) is 5.75 Å². The molecule has 5 heteroatoms. The maximum absolute atomic E-state index is 12.5. The molecule has 2 atom stereocenters. The number of amides is 1. The molecular weight excluding hydrogens is 314 g/mol. The molecule has 1 amide bonds. The van der Waals surface area contributed by atoms with Crippen LogP contribution >= 0.6 is 0 Å². The highest BCUT2D eigenvalue weighted by atomic mass is 16.3. The van der Waals surface area contributed by atoms with Crippen molar-refractivity contribution < 1.29 is 9.90 Å². The van der Waals surface area contributed by atoms with Crippen molar-refractivity contribution in [3.05, 3.63) is 58.1 Å². The summed E-state index contributed by atoms with van der Waals surface area (Å²) >= 11 is 0. The van der Waals surface area contributed by atoms with Crippen molar-refractivity contribution in [1.82, 2.24) is 10.9 Å². The fourth-order valence-electron chi connectivity index (χ4n) is 3.08. The molecule has 4 N–H and O–H groups in total. The van der Waals surface area contributed by atoms with Crippen LogP contribution in [0, 0.1) is 27.7 Å². The van der Waals surface area contributed by atoms with Crippen LogP contribution in [0.4, 0.5) is 5.69 Å². The Morgan fingerprint density at radius 2 is 1.68 bits per heavy atom. The Kier molecular flexibility index (Phi) is 4.79. The lowest BCUT2D eigenvalue weighted by Crippen LogP contribution is -2.39. The second-order valence-electron chi connectivity index (χ2n) is 6.91. The standard InChI is InChI=1S/C20H25N3O2/c1-11-5-6-15(7-12(11)2)21-20(25)18-10-17(22-23-18)16-8-13(3)14(4)9-19(16)24/h5-9,17-18,22-24H,10H2,1-4H3,(H,21,25). The SMILES string of the molecule is Cc1ccc(NC(=O)C2CC(c3cc(C)c(C)cc3O)NN2)cc1C. The summed E-state index contributed by atoms with van der Waals surface area (Å²) in [7, 11) is 0. The number of aryl methyl sites for hydroxylation is 4. The number of hydrogen-bond acceptors (Lipinski definition) is 4. The highest BCUT2D eigenvalue weighted by molar-refractivity contribution is 5.95. The van der Waals surface area contributed by atoms with Crippen LogP contribution in [0.15, 0.2) is 30.3 Å². The molecule has 1 saturated heterocycles. The van der Waals surface area contributed by atoms with Crippen LogP contribution < -0.4 is 16.2 Å². The molecule has 0 saturated carbocycles. The predicted molar refractivity (Wildman–Crippen MR) is 99.5 cm³/mol. The van der Waals surface area contributed by atoms with Gasteiger partial charge in [-0.15, -0.1) is 0 Å². The van der Waals surface area contributed by atoms with E-state index in [-0.39, 0.29) is 23.7 Å². The minimum absolute atomic E-state index is 0.0819. The maximum atomic E-state index is 12.5. The number of phenols is 1. The Bertz CT molecular complexity index is 817. The van der Waals surface area contributed by atoms with E-state index >= 15 is 0 Å². The molecule has 2 aromatic rings. The Labute approximate surface area is 148 Å². The van der Waals surface area contributed by atoms with E-state index in [9.17, 15) is 9.90 Å². The molecule has 25 heavy (non-hydrogen) atoms. The number of benzene rings is 2. The van der Waals surface area contributed by atoms with Gasteiger partial charge in [-0.2, -0.15) is 0 Å². The highest BCUT2D eigenvalue weighted by Gasteiger charge is 2.31. The summed E-state index contributed by atoms with van der Waals surface area (Å²) in [5, 5.41) is 13.2. The van der Waals surface area contributed by atoms with Gasteiger partial charge in [0.15, 0.2) is 0 Å². The highest BCUT2D eigenvalue weighted by Crippen LogP contribution is 2.32. The zero-order valence-corrected chi connectivity index (χ0v) is 15.1. The number of aromatic hydroxyl groups is 1. The molecule has 0 radical (unpaired) electrons. The molecule has 1 heterocycles. The lowest BCUT2D eigenvalue weighted by Gasteiger charge is -2.14. The van der Waals surface area contributed by atoms with E-state index in [0.717, 1.165) is 27.9 Å². The Morgan fingerprint density at radius 3 is 2.40 bits per heavy atom. The van der Waals surface area contributed by atoms with Crippen molar-refractivity contribution in [2.75, 3.05) is 5.32 Å². The third kappa shape index (κ3) is 3.67. The van der Waals surface area contributed by atoms with Crippen molar-refractivity contribution in [1.29, 1.82) is 0 Å². The van der Waals surface area contributed by atoms with Crippen LogP contribution in [0.1, 0.15) is 40.3 Å². The van der Waals surface area contributed by atoms with Gasteiger partial charge in [-0.3, -0.25) is 4.79 Å². The first kappa shape index (κ1) is 17.5. The van der Waals surface area contributed by atoms with Crippen molar-refractivity contribution in [2.45, 2.75) is 46.2 Å². The molecule has 0 aliphatic carbocycles. The zero-order chi connectivity index (χ0) is 18.1. The van der Waals surface area contributed by atoms with E-state index in [1.54, 1.807) is 6.07 Å². The quantitative estimate of drug-likeness (QED) is 0.693. The van der Waals surface area contributed by atoms with E-state index in [4.69, 9.17) is 0 Å². The van der Waals surface area contributed by atoms with Gasteiger partial charge in [-0.25, -0.2) is 10.9 Å². The van der Waals surface area contributed by atoms with Gasteiger partial charge in [0.25, 0.3) is 0 Å². The molecule has 0 aromatic heterocycles. The largest absolute Gasteiger partial charge is 0.508 e. The Hall–Kier alpha value is -2.37. The fourth-order valence-corrected chi connectivity index (χ4v) is 3.08. The summed E-state index contributed by atoms with van der Waals surface area (Å²) in [6, 6.07) is 9.18. The van der Waals surface area contributed by atoms with Gasteiger partial charge in [-0.1, -0.05) is 12.1 Å². The third-order valence-electron chi connectivity index (χ3n) is 5.01. The topological polar surface area (TPSA) is 73.4 Å². The normalized spacial score (nSPS) is 19.8. The number of nitrogens with one attached hydrogen (secondary N) is 3. The molecule has 0 bridgehead atoms. The molecule has 132 valence electrons. The zero-order valence-electron chi connectivity index (χ0n) is 15.1. The Morgan fingerprint density at radius 1 is 1.00 bits per heavy atom. The number of hydrazine groups is 1. The van der Waals surface area contributed by atoms with Gasteiger partial charge in [0.05, 0.1) is 6.04 Å². The number of carbonyl (C=O) groups excluding carboxylic acids is 1. The average molecular weight is 339 g/mol. The molecule has 1 aliphatic rings. The fraction of sp³-hybridized carbons (Fsp3) is 0.350. The lowest BCUT2D eigenvalue weighted by atomic mass is 9.97. The first-order valence-corrected chi connectivity index (χ1v) is 8.54. The van der Waals surface area contributed by atoms with Gasteiger partial charge in [0.1, 0.15) is 11.8 Å². The second kappa shape index (κ2) is 6.86. The molecular formula is C20H25N3O2. The predicted octanol–water partition coefficient (Wildman–Crippen LogP) is 3.17. The van der Waals surface area contributed by atoms with Crippen LogP contribution in [0.25, 0.3) is 0 Å². The minimum atomic E-state index is -0.354. The molecule has 1 aliphatic heterocycles. The number of phenolic OH excluding ortho intramolecular Hbond substituents is 1. The number of carbonyl (C=O) groups is 1. The summed E-state index contributed by atoms with van der Waals surface area (Å²) in [5.41, 5.74) is 12.3. The monoisotopic (exact) mass is 339 g/mol. The van der Waals surface area contributed by atoms with Crippen LogP contribution in [0.5, 0.6) is 5.75 Å². The number of rotatable bonds is 3. The molecule has 1 fully saturated rings. The summed E-state index contributed by atoms with van der Waals surface area (Å²) < 4.78 is 0. The summed E-state index contributed by atoms with van der Waals surface area (Å²) in [5.74, 6) is 0.180. The van der Waals surface area contributed by atoms with E-state index in [2.05, 4.69) is 16.2 Å². The maximum Gasteiger partial charge on any atom is 0.242 e. The number of hydrogen-bond donors (Lipinski definition) is 4. The van der Waals surface area contributed by atoms with E-state index in [1.807, 2.05) is 52.0 Å². The summed E-state index contributed by atoms with van der Waals surface area (Å²) in [6.07, 6.45) is 0.576. The van der Waals surface area contributed by atoms with E-state index < -0.39 is 0 Å². The first-order valence-electron chi connectivity index (χ1n) is 8.54. The summed E-state index contributed by atoms with van der Waals surface area (Å²) in [4.78, 5) is 12.5. The molecule has 0 spiro atoms. The average Bonchev–Trinajstić information content (AvgIpc) is 3.04. The van der Waals surface area contributed by atoms with Crippen LogP contribution in [0.3, 0.4) is 0 Å². The van der Waals surface area contributed by atoms with Crippen molar-refractivity contribution in [2.24, 2.45) is 0 Å². The van der Waals surface area contributed by atoms with Gasteiger partial charge in [-0.05, 0) is 74.6 Å². The second-order valence-corrected chi connectivity index (χ2v) is 6.91. The van der Waals surface area contributed by atoms with Gasteiger partial charge >= 0.3 is 0 Å². The van der Waals surface area contributed by atoms with Gasteiger partial charge < -0.3 is 10.4 Å². The van der Waals surface area contributed by atoms with Crippen LogP contribution in [-0.2, 0) is 4.79 Å². The Balaban J connectivity index is 1.69. The molecule has 3 rings (SSSR count). The third-order valence-corrected chi connectivity index (χ3v) is 5.01. The molecule has 2 aromatic carbocycles. The van der Waals surface area contributed by atoms with Crippen LogP contribution in [0.2, 0.25) is 0 Å². The van der Waals surface area contributed by atoms with E-state index in [1.165, 1.54) is 5.56 Å². The lowest BCUT2D eigenvalue weighted by molar-refractivity contribution is -0.117. The summed E-state index contributed by atoms with van der Waals surface area (Å²) in [6.45, 7) is 8.06. The van der Waals surface area contributed by atoms with Gasteiger partial charge in [0.2, 0.25) is 5.91 Å². The smallest absolute Gasteiger partial charge is 0.242 e. The van der Waals surface area contributed by atoms with Crippen molar-refractivity contribution in [3.63, 3.8) is 0 Å². The first-order chi connectivity index (χ1) is 11.8. The minimum Gasteiger partial charge on any atom is -0.508 e.